The summed E-state index contributed by atoms with van der Waals surface area (Å²) in [5.41, 5.74) is 9.19. The maximum Gasteiger partial charge on any atom is 0.412 e. The second kappa shape index (κ2) is 38.6. The van der Waals surface area contributed by atoms with Crippen molar-refractivity contribution in [2.75, 3.05) is 111 Å². The average molecular weight is 1220 g/mol. The van der Waals surface area contributed by atoms with Gasteiger partial charge in [0.2, 0.25) is 17.7 Å². The Morgan fingerprint density at radius 2 is 1.16 bits per heavy atom. The van der Waals surface area contributed by atoms with Gasteiger partial charge in [0.25, 0.3) is 5.91 Å². The van der Waals surface area contributed by atoms with Gasteiger partial charge < -0.3 is 69.3 Å². The Balaban J connectivity index is 0.812. The van der Waals surface area contributed by atoms with Gasteiger partial charge in [-0.3, -0.25) is 9.59 Å². The molecular weight excluding hydrogens is 1130 g/mol. The molecule has 87 heavy (non-hydrogen) atoms. The van der Waals surface area contributed by atoms with Gasteiger partial charge >= 0.3 is 6.09 Å². The van der Waals surface area contributed by atoms with Gasteiger partial charge in [0.05, 0.1) is 85.6 Å². The number of aromatic amines is 1. The fourth-order valence-electron chi connectivity index (χ4n) is 10.0. The third-order valence-electron chi connectivity index (χ3n) is 15.4. The SMILES string of the molecule is CCC(C(C)C(C)C)C(C)(CC(=O)NCCCOCCOCCOCCCNC(=O)c1ccc(OC(=O)NCCOCCOCCOCCOCc2ccc(COc3nc(N)nc4nc[nH]c34)cc2)c(P(c2ccccc2)c2ccccc2)c1)C(C)C. The quantitative estimate of drug-likeness (QED) is 0.0177. The van der Waals surface area contributed by atoms with E-state index < -0.39 is 14.0 Å². The predicted octanol–water partition coefficient (Wildman–Crippen LogP) is 8.67. The number of nitrogens with zero attached hydrogens (tertiary/aromatic N) is 3. The summed E-state index contributed by atoms with van der Waals surface area (Å²) in [4.78, 5) is 55.2. The number of H-pyrrole nitrogens is 1. The van der Waals surface area contributed by atoms with Crippen molar-refractivity contribution in [3.8, 4) is 11.6 Å². The zero-order chi connectivity index (χ0) is 62.1. The number of rotatable bonds is 43. The Morgan fingerprint density at radius 3 is 1.72 bits per heavy atom. The summed E-state index contributed by atoms with van der Waals surface area (Å²) < 4.78 is 51.8. The summed E-state index contributed by atoms with van der Waals surface area (Å²) in [7, 11) is -1.24. The van der Waals surface area contributed by atoms with Crippen molar-refractivity contribution in [1.29, 1.82) is 0 Å². The molecule has 2 aromatic heterocycles. The van der Waals surface area contributed by atoms with Crippen molar-refractivity contribution < 1.29 is 57.0 Å². The van der Waals surface area contributed by atoms with Crippen LogP contribution >= 0.6 is 7.92 Å². The number of anilines is 1. The summed E-state index contributed by atoms with van der Waals surface area (Å²) >= 11 is 0. The molecule has 0 aliphatic carbocycles. The monoisotopic (exact) mass is 1220 g/mol. The molecule has 0 bridgehead atoms. The van der Waals surface area contributed by atoms with E-state index in [2.05, 4.69) is 84.4 Å². The van der Waals surface area contributed by atoms with Crippen LogP contribution in [-0.4, -0.2) is 143 Å². The van der Waals surface area contributed by atoms with E-state index in [0.29, 0.717) is 170 Å². The number of nitrogens with two attached hydrogens (primary N) is 1. The van der Waals surface area contributed by atoms with Gasteiger partial charge in [-0.1, -0.05) is 140 Å². The van der Waals surface area contributed by atoms with E-state index in [0.717, 1.165) is 39.9 Å². The first kappa shape index (κ1) is 69.5. The molecule has 2 heterocycles. The molecule has 0 spiro atoms. The van der Waals surface area contributed by atoms with Crippen molar-refractivity contribution in [1.82, 2.24) is 35.9 Å². The Morgan fingerprint density at radius 1 is 0.621 bits per heavy atom. The lowest BCUT2D eigenvalue weighted by molar-refractivity contribution is -0.126. The zero-order valence-electron chi connectivity index (χ0n) is 52.0. The number of nitrogen functional groups attached to an aromatic ring is 1. The van der Waals surface area contributed by atoms with E-state index in [4.69, 9.17) is 48.4 Å². The standard InChI is InChI=1S/C66H93N8O12P/c1-8-56(50(6)48(2)3)66(7,49(4)5)44-59(75)68-27-15-30-78-33-36-81-37-34-79-31-16-28-69-62(76)53-25-26-57(58(43-53)87(54-17-11-9-12-18-54)55-19-13-10-14-20-55)86-65(77)70-29-32-80-35-38-82-39-40-83-41-42-84-45-51-21-23-52(24-22-51)46-85-63-60-61(72-47-71-60)73-64(67)74-63/h9-14,17-26,43,47-50,56H,8,15-16,27-42,44-46H2,1-7H3,(H,68,75)(H,69,76)(H,70,77)(H3,67,71,72,73,74). The largest absolute Gasteiger partial charge is 0.471 e. The lowest BCUT2D eigenvalue weighted by Crippen LogP contribution is -2.42. The minimum atomic E-state index is -1.24. The number of hydrogen-bond donors (Lipinski definition) is 5. The molecule has 0 saturated heterocycles. The molecular formula is C66H93N8O12P. The molecule has 20 nitrogen and oxygen atoms in total. The number of carbonyl (C=O) groups excluding carboxylic acids is 3. The maximum atomic E-state index is 13.6. The van der Waals surface area contributed by atoms with Crippen LogP contribution in [0.25, 0.3) is 11.2 Å². The van der Waals surface area contributed by atoms with E-state index in [1.54, 1.807) is 12.1 Å². The van der Waals surface area contributed by atoms with Crippen LogP contribution < -0.4 is 47.1 Å². The lowest BCUT2D eigenvalue weighted by Gasteiger charge is -2.45. The number of nitrogens with one attached hydrogen (secondary N) is 4. The van der Waals surface area contributed by atoms with E-state index in [9.17, 15) is 14.4 Å². The van der Waals surface area contributed by atoms with Crippen molar-refractivity contribution in [3.63, 3.8) is 0 Å². The third-order valence-corrected chi connectivity index (χ3v) is 17.8. The van der Waals surface area contributed by atoms with Crippen molar-refractivity contribution in [2.24, 2.45) is 29.1 Å². The van der Waals surface area contributed by atoms with Gasteiger partial charge in [-0.25, -0.2) is 9.78 Å². The molecule has 3 amide bonds. The zero-order valence-corrected chi connectivity index (χ0v) is 52.9. The summed E-state index contributed by atoms with van der Waals surface area (Å²) in [6.07, 6.45) is 3.82. The van der Waals surface area contributed by atoms with Crippen LogP contribution in [-0.2, 0) is 51.2 Å². The van der Waals surface area contributed by atoms with Gasteiger partial charge in [0.1, 0.15) is 17.9 Å². The normalized spacial score (nSPS) is 13.0. The second-order valence-corrected chi connectivity index (χ2v) is 24.3. The number of imidazole rings is 1. The Labute approximate surface area is 515 Å². The van der Waals surface area contributed by atoms with Gasteiger partial charge in [-0.2, -0.15) is 9.97 Å². The van der Waals surface area contributed by atoms with E-state index in [1.807, 2.05) is 91.0 Å². The molecule has 21 heteroatoms. The molecule has 0 aliphatic heterocycles. The van der Waals surface area contributed by atoms with E-state index in [1.165, 1.54) is 6.33 Å². The first-order valence-electron chi connectivity index (χ1n) is 30.5. The molecule has 6 N–H and O–H groups in total. The van der Waals surface area contributed by atoms with Crippen molar-refractivity contribution >= 4 is 58.9 Å². The van der Waals surface area contributed by atoms with Crippen LogP contribution in [0.4, 0.5) is 10.7 Å². The second-order valence-electron chi connectivity index (χ2n) is 22.1. The molecule has 0 radical (unpaired) electrons. The number of ether oxygens (including phenoxy) is 9. The van der Waals surface area contributed by atoms with Crippen molar-refractivity contribution in [2.45, 2.75) is 87.4 Å². The molecule has 4 aromatic carbocycles. The fraction of sp³-hybridized carbons (Fsp3) is 0.515. The van der Waals surface area contributed by atoms with Crippen LogP contribution in [0.15, 0.2) is 109 Å². The number of hydrogen-bond acceptors (Lipinski definition) is 16. The van der Waals surface area contributed by atoms with Crippen LogP contribution in [0.3, 0.4) is 0 Å². The Bertz CT molecular complexity index is 2880. The minimum Gasteiger partial charge on any atom is -0.471 e. The first-order valence-corrected chi connectivity index (χ1v) is 31.9. The lowest BCUT2D eigenvalue weighted by atomic mass is 9.60. The maximum absolute atomic E-state index is 13.6. The highest BCUT2D eigenvalue weighted by Gasteiger charge is 2.41. The van der Waals surface area contributed by atoms with Crippen LogP contribution in [0.2, 0.25) is 0 Å². The van der Waals surface area contributed by atoms with Gasteiger partial charge in [-0.05, 0) is 89.8 Å². The average Bonchev–Trinajstić information content (AvgIpc) is 1.50. The number of carbonyl (C=O) groups is 3. The summed E-state index contributed by atoms with van der Waals surface area (Å²) in [5, 5.41) is 11.7. The number of fused-ring (bicyclic) bond motifs is 1. The third kappa shape index (κ3) is 23.8. The molecule has 0 fully saturated rings. The summed E-state index contributed by atoms with van der Waals surface area (Å²) in [6, 6.07) is 33.1. The first-order chi connectivity index (χ1) is 42.3. The number of aromatic nitrogens is 4. The van der Waals surface area contributed by atoms with Crippen molar-refractivity contribution in [3.05, 3.63) is 126 Å². The molecule has 3 unspecified atom stereocenters. The topological polar surface area (TPSA) is 251 Å². The van der Waals surface area contributed by atoms with Gasteiger partial charge in [0, 0.05) is 50.1 Å². The Kier molecular flexibility index (Phi) is 30.8. The van der Waals surface area contributed by atoms with Crippen LogP contribution in [0.1, 0.15) is 95.6 Å². The molecule has 474 valence electrons. The minimum absolute atomic E-state index is 0.0604. The summed E-state index contributed by atoms with van der Waals surface area (Å²) in [6.45, 7) is 23.2. The van der Waals surface area contributed by atoms with Gasteiger partial charge in [0.15, 0.2) is 5.65 Å². The smallest absolute Gasteiger partial charge is 0.412 e. The van der Waals surface area contributed by atoms with Gasteiger partial charge in [-0.15, -0.1) is 0 Å². The molecule has 0 saturated carbocycles. The number of amides is 3. The fourth-order valence-corrected chi connectivity index (χ4v) is 12.4. The highest BCUT2D eigenvalue weighted by atomic mass is 31.1. The highest BCUT2D eigenvalue weighted by Crippen LogP contribution is 2.46. The molecule has 3 atom stereocenters. The molecule has 0 aliphatic rings. The Hall–Kier alpha value is -6.61. The summed E-state index contributed by atoms with van der Waals surface area (Å²) in [5.74, 6) is 2.66. The highest BCUT2D eigenvalue weighted by molar-refractivity contribution is 7.80. The van der Waals surface area contributed by atoms with E-state index in [-0.39, 0.29) is 36.3 Å². The van der Waals surface area contributed by atoms with Crippen LogP contribution in [0, 0.1) is 29.1 Å². The number of benzene rings is 4. The molecule has 6 aromatic rings. The molecule has 6 rings (SSSR count). The van der Waals surface area contributed by atoms with E-state index >= 15 is 0 Å². The van der Waals surface area contributed by atoms with Crippen LogP contribution in [0.5, 0.6) is 11.6 Å². The predicted molar refractivity (Wildman–Crippen MR) is 341 cm³/mol.